The number of hydrogen-bond acceptors (Lipinski definition) is 3. The molecule has 1 amide bonds. The van der Waals surface area contributed by atoms with Crippen LogP contribution < -0.4 is 5.32 Å². The normalized spacial score (nSPS) is 11.8. The van der Waals surface area contributed by atoms with Crippen LogP contribution >= 0.6 is 0 Å². The average molecular weight is 309 g/mol. The van der Waals surface area contributed by atoms with E-state index in [9.17, 15) is 18.0 Å². The van der Waals surface area contributed by atoms with Crippen molar-refractivity contribution in [2.75, 3.05) is 5.32 Å². The third kappa shape index (κ3) is 2.65. The molecule has 22 heavy (non-hydrogen) atoms. The number of fused-ring (bicyclic) bond motifs is 1. The van der Waals surface area contributed by atoms with Crippen LogP contribution in [-0.4, -0.2) is 25.7 Å². The quantitative estimate of drug-likeness (QED) is 0.764. The molecule has 0 bridgehead atoms. The molecular weight excluding hydrogens is 299 g/mol. The Morgan fingerprint density at radius 2 is 1.91 bits per heavy atom. The Morgan fingerprint density at radius 3 is 2.45 bits per heavy atom. The number of alkyl halides is 3. The number of halogens is 3. The molecule has 0 saturated carbocycles. The lowest BCUT2D eigenvalue weighted by Crippen LogP contribution is -2.06. The average Bonchev–Trinajstić information content (AvgIpc) is 2.96. The Kier molecular flexibility index (Phi) is 3.12. The molecule has 0 fully saturated rings. The van der Waals surface area contributed by atoms with E-state index in [-0.39, 0.29) is 11.6 Å². The van der Waals surface area contributed by atoms with Crippen LogP contribution in [0.4, 0.5) is 18.9 Å². The Labute approximate surface area is 121 Å². The van der Waals surface area contributed by atoms with Crippen molar-refractivity contribution in [2.45, 2.75) is 13.1 Å². The van der Waals surface area contributed by atoms with Gasteiger partial charge in [-0.3, -0.25) is 4.79 Å². The SMILES string of the molecule is CC(=O)Nc1ccc(-c2nn3nc(C(F)(F)F)cc3[nH]2)cc1. The summed E-state index contributed by atoms with van der Waals surface area (Å²) in [7, 11) is 0. The van der Waals surface area contributed by atoms with E-state index in [0.717, 1.165) is 10.7 Å². The molecule has 0 atom stereocenters. The highest BCUT2D eigenvalue weighted by atomic mass is 19.4. The fourth-order valence-corrected chi connectivity index (χ4v) is 1.96. The number of H-pyrrole nitrogens is 1. The van der Waals surface area contributed by atoms with Crippen molar-refractivity contribution in [3.8, 4) is 11.4 Å². The van der Waals surface area contributed by atoms with E-state index in [1.54, 1.807) is 24.3 Å². The zero-order valence-corrected chi connectivity index (χ0v) is 11.3. The van der Waals surface area contributed by atoms with Gasteiger partial charge < -0.3 is 10.3 Å². The summed E-state index contributed by atoms with van der Waals surface area (Å²) in [5, 5.41) is 9.97. The van der Waals surface area contributed by atoms with Gasteiger partial charge in [0.1, 0.15) is 0 Å². The van der Waals surface area contributed by atoms with Gasteiger partial charge in [0.15, 0.2) is 17.2 Å². The first-order chi connectivity index (χ1) is 10.3. The van der Waals surface area contributed by atoms with Crippen molar-refractivity contribution in [3.63, 3.8) is 0 Å². The summed E-state index contributed by atoms with van der Waals surface area (Å²) in [5.41, 5.74) is 0.423. The van der Waals surface area contributed by atoms with Crippen molar-refractivity contribution in [1.82, 2.24) is 19.8 Å². The molecule has 0 aliphatic rings. The zero-order valence-electron chi connectivity index (χ0n) is 11.3. The number of amides is 1. The predicted octanol–water partition coefficient (Wildman–Crippen LogP) is 2.70. The van der Waals surface area contributed by atoms with Crippen molar-refractivity contribution in [1.29, 1.82) is 0 Å². The van der Waals surface area contributed by atoms with Crippen molar-refractivity contribution < 1.29 is 18.0 Å². The molecular formula is C13H10F3N5O. The summed E-state index contributed by atoms with van der Waals surface area (Å²) in [6.45, 7) is 1.40. The molecule has 2 aromatic heterocycles. The lowest BCUT2D eigenvalue weighted by molar-refractivity contribution is -0.141. The second kappa shape index (κ2) is 4.86. The number of nitrogens with zero attached hydrogens (tertiary/aromatic N) is 3. The summed E-state index contributed by atoms with van der Waals surface area (Å²) in [4.78, 5) is 13.7. The van der Waals surface area contributed by atoms with E-state index < -0.39 is 11.9 Å². The topological polar surface area (TPSA) is 75.1 Å². The van der Waals surface area contributed by atoms with Gasteiger partial charge in [0.25, 0.3) is 0 Å². The first-order valence-corrected chi connectivity index (χ1v) is 6.24. The van der Waals surface area contributed by atoms with Gasteiger partial charge in [0.2, 0.25) is 5.91 Å². The molecule has 6 nitrogen and oxygen atoms in total. The molecule has 0 aliphatic heterocycles. The number of aromatic nitrogens is 4. The first kappa shape index (κ1) is 14.1. The summed E-state index contributed by atoms with van der Waals surface area (Å²) in [6.07, 6.45) is -4.51. The second-order valence-corrected chi connectivity index (χ2v) is 4.63. The molecule has 1 aromatic carbocycles. The van der Waals surface area contributed by atoms with E-state index in [1.807, 2.05) is 0 Å². The maximum absolute atomic E-state index is 12.5. The number of aromatic amines is 1. The van der Waals surface area contributed by atoms with E-state index in [0.29, 0.717) is 17.1 Å². The highest BCUT2D eigenvalue weighted by Crippen LogP contribution is 2.29. The van der Waals surface area contributed by atoms with Gasteiger partial charge in [0.05, 0.1) is 0 Å². The summed E-state index contributed by atoms with van der Waals surface area (Å²) < 4.78 is 38.5. The molecule has 9 heteroatoms. The predicted molar refractivity (Wildman–Crippen MR) is 72.1 cm³/mol. The maximum Gasteiger partial charge on any atom is 0.435 e. The Morgan fingerprint density at radius 1 is 1.23 bits per heavy atom. The number of rotatable bonds is 2. The van der Waals surface area contributed by atoms with Gasteiger partial charge in [-0.25, -0.2) is 0 Å². The number of hydrogen-bond donors (Lipinski definition) is 2. The Bertz CT molecular complexity index is 800. The van der Waals surface area contributed by atoms with Crippen LogP contribution in [0.25, 0.3) is 17.0 Å². The van der Waals surface area contributed by atoms with Crippen LogP contribution in [0.1, 0.15) is 12.6 Å². The zero-order chi connectivity index (χ0) is 15.9. The molecule has 0 saturated heterocycles. The summed E-state index contributed by atoms with van der Waals surface area (Å²) in [5.74, 6) is 0.189. The third-order valence-electron chi connectivity index (χ3n) is 2.90. The van der Waals surface area contributed by atoms with Crippen molar-refractivity contribution >= 4 is 17.2 Å². The molecule has 0 unspecified atom stereocenters. The number of benzene rings is 1. The van der Waals surface area contributed by atoms with Crippen LogP contribution in [0.15, 0.2) is 30.3 Å². The fourth-order valence-electron chi connectivity index (χ4n) is 1.96. The number of nitrogens with one attached hydrogen (secondary N) is 2. The monoisotopic (exact) mass is 309 g/mol. The van der Waals surface area contributed by atoms with Gasteiger partial charge in [0, 0.05) is 24.2 Å². The van der Waals surface area contributed by atoms with E-state index in [2.05, 4.69) is 20.5 Å². The molecule has 0 radical (unpaired) electrons. The second-order valence-electron chi connectivity index (χ2n) is 4.63. The van der Waals surface area contributed by atoms with E-state index in [4.69, 9.17) is 0 Å². The summed E-state index contributed by atoms with van der Waals surface area (Å²) in [6, 6.07) is 7.61. The number of carbonyl (C=O) groups excluding carboxylic acids is 1. The lowest BCUT2D eigenvalue weighted by Gasteiger charge is -2.02. The minimum absolute atomic E-state index is 0.147. The highest BCUT2D eigenvalue weighted by molar-refractivity contribution is 5.88. The Balaban J connectivity index is 1.90. The molecule has 2 N–H and O–H groups in total. The largest absolute Gasteiger partial charge is 0.435 e. The standard InChI is InChI=1S/C13H10F3N5O/c1-7(22)17-9-4-2-8(3-5-9)12-18-11-6-10(13(14,15)16)19-21(11)20-12/h2-6H,1H3,(H,17,22)(H,18,20). The first-order valence-electron chi connectivity index (χ1n) is 6.24. The van der Waals surface area contributed by atoms with E-state index >= 15 is 0 Å². The van der Waals surface area contributed by atoms with E-state index in [1.165, 1.54) is 6.92 Å². The van der Waals surface area contributed by atoms with Crippen molar-refractivity contribution in [3.05, 3.63) is 36.0 Å². The minimum Gasteiger partial charge on any atom is -0.326 e. The van der Waals surface area contributed by atoms with Crippen molar-refractivity contribution in [2.24, 2.45) is 0 Å². The molecule has 0 aliphatic carbocycles. The molecule has 3 aromatic rings. The number of carbonyl (C=O) groups is 1. The lowest BCUT2D eigenvalue weighted by atomic mass is 10.2. The van der Waals surface area contributed by atoms with Crippen LogP contribution in [0, 0.1) is 0 Å². The van der Waals surface area contributed by atoms with Crippen LogP contribution in [0.5, 0.6) is 0 Å². The number of anilines is 1. The minimum atomic E-state index is -4.51. The van der Waals surface area contributed by atoms with Crippen LogP contribution in [-0.2, 0) is 11.0 Å². The highest BCUT2D eigenvalue weighted by Gasteiger charge is 2.34. The van der Waals surface area contributed by atoms with Gasteiger partial charge in [-0.1, -0.05) is 0 Å². The summed E-state index contributed by atoms with van der Waals surface area (Å²) >= 11 is 0. The van der Waals surface area contributed by atoms with Crippen LogP contribution in [0.3, 0.4) is 0 Å². The molecule has 3 rings (SSSR count). The third-order valence-corrected chi connectivity index (χ3v) is 2.90. The van der Waals surface area contributed by atoms with Crippen LogP contribution in [0.2, 0.25) is 0 Å². The smallest absolute Gasteiger partial charge is 0.326 e. The Hall–Kier alpha value is -2.84. The molecule has 2 heterocycles. The maximum atomic E-state index is 12.5. The van der Waals surface area contributed by atoms with Gasteiger partial charge in [-0.15, -0.1) is 14.8 Å². The fraction of sp³-hybridized carbons (Fsp3) is 0.154. The molecule has 114 valence electrons. The molecule has 0 spiro atoms. The van der Waals surface area contributed by atoms with Gasteiger partial charge in [-0.2, -0.15) is 13.2 Å². The van der Waals surface area contributed by atoms with Gasteiger partial charge >= 0.3 is 6.18 Å². The van der Waals surface area contributed by atoms with Gasteiger partial charge in [-0.05, 0) is 24.3 Å².